The second-order valence-electron chi connectivity index (χ2n) is 1.99. The van der Waals surface area contributed by atoms with Crippen molar-refractivity contribution in [1.82, 2.24) is 0 Å². The van der Waals surface area contributed by atoms with E-state index < -0.39 is 24.5 Å². The zero-order valence-corrected chi connectivity index (χ0v) is 9.52. The SMILES string of the molecule is NCCN.O=C([O-])C[C@H](O)C(=O)[O-].[Pt+2]. The molecule has 0 fully saturated rings. The molecule has 0 saturated carbocycles. The summed E-state index contributed by atoms with van der Waals surface area (Å²) in [6, 6.07) is 0. The van der Waals surface area contributed by atoms with Gasteiger partial charge in [-0.1, -0.05) is 0 Å². The van der Waals surface area contributed by atoms with Crippen molar-refractivity contribution in [2.45, 2.75) is 12.5 Å². The Morgan fingerprint density at radius 1 is 1.21 bits per heavy atom. The molecule has 0 unspecified atom stereocenters. The molecule has 0 spiro atoms. The van der Waals surface area contributed by atoms with Gasteiger partial charge < -0.3 is 36.4 Å². The topological polar surface area (TPSA) is 153 Å². The van der Waals surface area contributed by atoms with E-state index in [1.54, 1.807) is 0 Å². The Morgan fingerprint density at radius 3 is 1.64 bits per heavy atom. The van der Waals surface area contributed by atoms with E-state index in [-0.39, 0.29) is 21.1 Å². The van der Waals surface area contributed by atoms with E-state index in [2.05, 4.69) is 0 Å². The summed E-state index contributed by atoms with van der Waals surface area (Å²) >= 11 is 0. The molecule has 0 aromatic rings. The Kier molecular flexibility index (Phi) is 17.1. The molecule has 0 bridgehead atoms. The fourth-order valence-electron chi connectivity index (χ4n) is 0.241. The zero-order valence-electron chi connectivity index (χ0n) is 7.25. The van der Waals surface area contributed by atoms with Gasteiger partial charge >= 0.3 is 21.1 Å². The second-order valence-corrected chi connectivity index (χ2v) is 1.99. The molecule has 0 aromatic carbocycles. The normalized spacial score (nSPS) is 10.2. The number of hydrogen-bond acceptors (Lipinski definition) is 7. The Morgan fingerprint density at radius 2 is 1.57 bits per heavy atom. The fraction of sp³-hybridized carbons (Fsp3) is 0.667. The van der Waals surface area contributed by atoms with Gasteiger partial charge in [0.15, 0.2) is 0 Å². The van der Waals surface area contributed by atoms with E-state index in [9.17, 15) is 19.8 Å². The molecule has 0 aliphatic heterocycles. The quantitative estimate of drug-likeness (QED) is 0.437. The number of carboxylic acids is 2. The molecule has 0 aromatic heterocycles. The molecule has 14 heavy (non-hydrogen) atoms. The number of aliphatic hydroxyl groups is 1. The molecule has 0 amide bonds. The van der Waals surface area contributed by atoms with Gasteiger partial charge in [0, 0.05) is 25.5 Å². The van der Waals surface area contributed by atoms with Crippen molar-refractivity contribution >= 4 is 11.9 Å². The Balaban J connectivity index is -0.000000209. The van der Waals surface area contributed by atoms with Gasteiger partial charge in [-0.05, 0) is 0 Å². The average molecular weight is 387 g/mol. The van der Waals surface area contributed by atoms with Crippen molar-refractivity contribution in [3.8, 4) is 0 Å². The molecule has 0 saturated heterocycles. The van der Waals surface area contributed by atoms with E-state index >= 15 is 0 Å². The van der Waals surface area contributed by atoms with Crippen LogP contribution >= 0.6 is 0 Å². The Bertz CT molecular complexity index is 164. The van der Waals surface area contributed by atoms with Crippen LogP contribution in [0.5, 0.6) is 0 Å². The molecular formula is C6H12N2O5Pt. The largest absolute Gasteiger partial charge is 2.00 e. The van der Waals surface area contributed by atoms with Gasteiger partial charge in [0.1, 0.15) is 0 Å². The van der Waals surface area contributed by atoms with Crippen molar-refractivity contribution in [2.75, 3.05) is 13.1 Å². The summed E-state index contributed by atoms with van der Waals surface area (Å²) < 4.78 is 0. The number of carboxylic acid groups (broad SMARTS) is 2. The summed E-state index contributed by atoms with van der Waals surface area (Å²) in [5, 5.41) is 27.3. The van der Waals surface area contributed by atoms with E-state index in [1.807, 2.05) is 0 Å². The minimum Gasteiger partial charge on any atom is -0.550 e. The van der Waals surface area contributed by atoms with Gasteiger partial charge in [-0.3, -0.25) is 0 Å². The van der Waals surface area contributed by atoms with Gasteiger partial charge in [0.25, 0.3) is 0 Å². The minimum atomic E-state index is -1.96. The maximum Gasteiger partial charge on any atom is 2.00 e. The third kappa shape index (κ3) is 17.6. The van der Waals surface area contributed by atoms with Crippen LogP contribution in [-0.4, -0.2) is 36.2 Å². The van der Waals surface area contributed by atoms with Crippen molar-refractivity contribution < 1.29 is 46.0 Å². The third-order valence-electron chi connectivity index (χ3n) is 0.799. The van der Waals surface area contributed by atoms with Crippen LogP contribution < -0.4 is 21.7 Å². The van der Waals surface area contributed by atoms with E-state index in [0.717, 1.165) is 0 Å². The van der Waals surface area contributed by atoms with E-state index in [4.69, 9.17) is 16.6 Å². The number of aliphatic hydroxyl groups excluding tert-OH is 1. The number of rotatable bonds is 4. The molecule has 0 rings (SSSR count). The van der Waals surface area contributed by atoms with Crippen molar-refractivity contribution in [1.29, 1.82) is 0 Å². The first kappa shape index (κ1) is 19.1. The third-order valence-corrected chi connectivity index (χ3v) is 0.799. The Labute approximate surface area is 95.3 Å². The molecule has 0 aliphatic carbocycles. The van der Waals surface area contributed by atoms with Crippen molar-refractivity contribution in [2.24, 2.45) is 11.5 Å². The van der Waals surface area contributed by atoms with Gasteiger partial charge in [-0.2, -0.15) is 0 Å². The average Bonchev–Trinajstić information content (AvgIpc) is 2.03. The van der Waals surface area contributed by atoms with Crippen LogP contribution in [0.15, 0.2) is 0 Å². The van der Waals surface area contributed by atoms with Crippen LogP contribution in [0.4, 0.5) is 0 Å². The maximum absolute atomic E-state index is 9.58. The smallest absolute Gasteiger partial charge is 0.550 e. The molecule has 5 N–H and O–H groups in total. The number of aliphatic carboxylic acids is 2. The van der Waals surface area contributed by atoms with Gasteiger partial charge in [0.05, 0.1) is 12.1 Å². The standard InChI is InChI=1S/C4H6O5.C2H8N2.Pt/c5-2(4(8)9)1-3(6)7;3-1-2-4;/h2,5H,1H2,(H,6,7)(H,8,9);1-4H2;/q;;+2/p-2/t2-;;/m0../s1. The molecular weight excluding hydrogens is 375 g/mol. The predicted molar refractivity (Wildman–Crippen MR) is 38.7 cm³/mol. The molecule has 86 valence electrons. The maximum atomic E-state index is 9.58. The van der Waals surface area contributed by atoms with E-state index in [1.165, 1.54) is 0 Å². The first-order valence-electron chi connectivity index (χ1n) is 3.44. The van der Waals surface area contributed by atoms with Gasteiger partial charge in [-0.15, -0.1) is 0 Å². The van der Waals surface area contributed by atoms with Gasteiger partial charge in [0.2, 0.25) is 0 Å². The van der Waals surface area contributed by atoms with Gasteiger partial charge in [-0.25, -0.2) is 0 Å². The summed E-state index contributed by atoms with van der Waals surface area (Å²) in [5.74, 6) is -3.43. The number of nitrogens with two attached hydrogens (primary N) is 2. The Hall–Kier alpha value is -0.492. The molecule has 0 heterocycles. The first-order chi connectivity index (χ1) is 5.95. The van der Waals surface area contributed by atoms with Crippen LogP contribution in [-0.2, 0) is 30.7 Å². The summed E-state index contributed by atoms with van der Waals surface area (Å²) in [5.41, 5.74) is 9.81. The number of carbonyl (C=O) groups excluding carboxylic acids is 2. The molecule has 7 nitrogen and oxygen atoms in total. The first-order valence-corrected chi connectivity index (χ1v) is 3.44. The number of hydrogen-bond donors (Lipinski definition) is 3. The molecule has 0 radical (unpaired) electrons. The summed E-state index contributed by atoms with van der Waals surface area (Å²) in [4.78, 5) is 19.1. The second kappa shape index (κ2) is 12.5. The summed E-state index contributed by atoms with van der Waals surface area (Å²) in [6.45, 7) is 1.19. The zero-order chi connectivity index (χ0) is 10.9. The van der Waals surface area contributed by atoms with Crippen LogP contribution in [0.25, 0.3) is 0 Å². The molecule has 1 atom stereocenters. The number of carbonyl (C=O) groups is 2. The van der Waals surface area contributed by atoms with Crippen molar-refractivity contribution in [3.05, 3.63) is 0 Å². The van der Waals surface area contributed by atoms with Crippen LogP contribution in [0.3, 0.4) is 0 Å². The summed E-state index contributed by atoms with van der Waals surface area (Å²) in [6.07, 6.45) is -2.89. The minimum absolute atomic E-state index is 0. The monoisotopic (exact) mass is 387 g/mol. The predicted octanol–water partition coefficient (Wildman–Crippen LogP) is -4.86. The molecule has 0 aliphatic rings. The van der Waals surface area contributed by atoms with E-state index in [0.29, 0.717) is 13.1 Å². The fourth-order valence-corrected chi connectivity index (χ4v) is 0.241. The molecule has 8 heteroatoms. The summed E-state index contributed by atoms with van der Waals surface area (Å²) in [7, 11) is 0. The van der Waals surface area contributed by atoms with Crippen LogP contribution in [0.1, 0.15) is 6.42 Å². The van der Waals surface area contributed by atoms with Crippen molar-refractivity contribution in [3.63, 3.8) is 0 Å². The van der Waals surface area contributed by atoms with Crippen LogP contribution in [0, 0.1) is 0 Å². The van der Waals surface area contributed by atoms with Crippen LogP contribution in [0.2, 0.25) is 0 Å².